The van der Waals surface area contributed by atoms with Gasteiger partial charge in [-0.2, -0.15) is 0 Å². The van der Waals surface area contributed by atoms with Crippen molar-refractivity contribution in [1.29, 1.82) is 0 Å². The lowest BCUT2D eigenvalue weighted by Crippen LogP contribution is -2.51. The lowest BCUT2D eigenvalue weighted by Gasteiger charge is -2.17. The summed E-state index contributed by atoms with van der Waals surface area (Å²) in [7, 11) is 0. The third-order valence-electron chi connectivity index (χ3n) is 2.88. The van der Waals surface area contributed by atoms with E-state index in [-0.39, 0.29) is 23.9 Å². The molecule has 6 heteroatoms. The van der Waals surface area contributed by atoms with Crippen molar-refractivity contribution < 1.29 is 9.59 Å². The van der Waals surface area contributed by atoms with Crippen molar-refractivity contribution in [1.82, 2.24) is 16.0 Å². The average molecular weight is 243 g/mol. The highest BCUT2D eigenvalue weighted by Crippen LogP contribution is 2.11. The molecule has 0 spiro atoms. The van der Waals surface area contributed by atoms with Gasteiger partial charge in [-0.05, 0) is 19.3 Å². The smallest absolute Gasteiger partial charge is 0.242 e. The first-order valence-corrected chi connectivity index (χ1v) is 6.82. The second-order valence-corrected chi connectivity index (χ2v) is 5.15. The predicted molar refractivity (Wildman–Crippen MR) is 63.0 cm³/mol. The van der Waals surface area contributed by atoms with E-state index >= 15 is 0 Å². The van der Waals surface area contributed by atoms with Gasteiger partial charge in [-0.3, -0.25) is 14.9 Å². The number of hydrogen-bond acceptors (Lipinski definition) is 4. The van der Waals surface area contributed by atoms with E-state index in [0.717, 1.165) is 37.4 Å². The molecule has 0 bridgehead atoms. The third kappa shape index (κ3) is 2.89. The first-order valence-electron chi connectivity index (χ1n) is 5.66. The maximum absolute atomic E-state index is 11.8. The molecule has 2 atom stereocenters. The molecule has 2 amide bonds. The molecule has 2 heterocycles. The van der Waals surface area contributed by atoms with Crippen LogP contribution in [0.15, 0.2) is 0 Å². The van der Waals surface area contributed by atoms with Gasteiger partial charge >= 0.3 is 0 Å². The second-order valence-electron chi connectivity index (χ2n) is 4.12. The van der Waals surface area contributed by atoms with Crippen LogP contribution in [0.3, 0.4) is 0 Å². The molecule has 16 heavy (non-hydrogen) atoms. The molecule has 3 N–H and O–H groups in total. The molecular weight excluding hydrogens is 226 g/mol. The lowest BCUT2D eigenvalue weighted by molar-refractivity contribution is -0.129. The van der Waals surface area contributed by atoms with Crippen LogP contribution in [0.1, 0.15) is 19.3 Å². The fraction of sp³-hybridized carbons (Fsp3) is 0.800. The van der Waals surface area contributed by atoms with Crippen molar-refractivity contribution in [2.75, 3.05) is 18.2 Å². The highest BCUT2D eigenvalue weighted by molar-refractivity contribution is 7.99. The minimum Gasteiger partial charge on any atom is -0.354 e. The van der Waals surface area contributed by atoms with E-state index in [4.69, 9.17) is 0 Å². The Morgan fingerprint density at radius 3 is 3.06 bits per heavy atom. The summed E-state index contributed by atoms with van der Waals surface area (Å²) in [6, 6.07) is -0.483. The fourth-order valence-corrected chi connectivity index (χ4v) is 2.85. The van der Waals surface area contributed by atoms with Crippen LogP contribution in [-0.2, 0) is 9.59 Å². The highest BCUT2D eigenvalue weighted by Gasteiger charge is 2.27. The SMILES string of the molecule is O=C(NC1CCCCNC1=O)C1CSCN1. The molecule has 2 rings (SSSR count). The van der Waals surface area contributed by atoms with Gasteiger partial charge in [0.05, 0.1) is 6.04 Å². The first-order chi connectivity index (χ1) is 7.77. The molecule has 2 aliphatic rings. The van der Waals surface area contributed by atoms with Crippen LogP contribution in [0.4, 0.5) is 0 Å². The Kier molecular flexibility index (Phi) is 4.06. The second kappa shape index (κ2) is 5.54. The molecule has 2 unspecified atom stereocenters. The molecule has 0 aromatic rings. The summed E-state index contributed by atoms with van der Waals surface area (Å²) in [5.41, 5.74) is 0. The van der Waals surface area contributed by atoms with Gasteiger partial charge in [0.2, 0.25) is 11.8 Å². The number of thioether (sulfide) groups is 1. The van der Waals surface area contributed by atoms with Gasteiger partial charge in [-0.25, -0.2) is 0 Å². The van der Waals surface area contributed by atoms with Crippen LogP contribution < -0.4 is 16.0 Å². The van der Waals surface area contributed by atoms with Crippen LogP contribution in [0.25, 0.3) is 0 Å². The van der Waals surface area contributed by atoms with E-state index in [1.807, 2.05) is 0 Å². The summed E-state index contributed by atoms with van der Waals surface area (Å²) < 4.78 is 0. The van der Waals surface area contributed by atoms with Crippen LogP contribution >= 0.6 is 11.8 Å². The van der Waals surface area contributed by atoms with Gasteiger partial charge < -0.3 is 10.6 Å². The zero-order valence-electron chi connectivity index (χ0n) is 9.12. The standard InChI is InChI=1S/C10H17N3O2S/c14-9-7(3-1-2-4-11-9)13-10(15)8-5-16-6-12-8/h7-8,12H,1-6H2,(H,11,14)(H,13,15). The normalized spacial score (nSPS) is 30.6. The van der Waals surface area contributed by atoms with Crippen molar-refractivity contribution in [2.24, 2.45) is 0 Å². The number of carbonyl (C=O) groups is 2. The molecule has 5 nitrogen and oxygen atoms in total. The van der Waals surface area contributed by atoms with Crippen molar-refractivity contribution in [3.05, 3.63) is 0 Å². The Bertz CT molecular complexity index is 279. The fourth-order valence-electron chi connectivity index (χ4n) is 1.91. The maximum Gasteiger partial charge on any atom is 0.242 e. The number of amides is 2. The minimum atomic E-state index is -0.345. The van der Waals surface area contributed by atoms with Gasteiger partial charge in [-0.15, -0.1) is 11.8 Å². The number of rotatable bonds is 2. The van der Waals surface area contributed by atoms with Crippen molar-refractivity contribution in [3.63, 3.8) is 0 Å². The van der Waals surface area contributed by atoms with Crippen LogP contribution in [0, 0.1) is 0 Å². The predicted octanol–water partition coefficient (Wildman–Crippen LogP) is -0.566. The third-order valence-corrected chi connectivity index (χ3v) is 3.82. The minimum absolute atomic E-state index is 0.0449. The Morgan fingerprint density at radius 2 is 2.31 bits per heavy atom. The van der Waals surface area contributed by atoms with E-state index < -0.39 is 0 Å². The molecule has 0 saturated carbocycles. The van der Waals surface area contributed by atoms with Crippen molar-refractivity contribution >= 4 is 23.6 Å². The average Bonchev–Trinajstić information content (AvgIpc) is 2.73. The van der Waals surface area contributed by atoms with Crippen LogP contribution in [0.5, 0.6) is 0 Å². The molecule has 0 aliphatic carbocycles. The molecule has 2 aliphatic heterocycles. The van der Waals surface area contributed by atoms with Gasteiger partial charge in [0.1, 0.15) is 6.04 Å². The summed E-state index contributed by atoms with van der Waals surface area (Å²) in [4.78, 5) is 23.4. The quantitative estimate of drug-likeness (QED) is 0.608. The first kappa shape index (κ1) is 11.7. The van der Waals surface area contributed by atoms with Gasteiger partial charge in [0.25, 0.3) is 0 Å². The van der Waals surface area contributed by atoms with E-state index in [1.54, 1.807) is 11.8 Å². The van der Waals surface area contributed by atoms with E-state index in [0.29, 0.717) is 0 Å². The molecule has 0 aromatic heterocycles. The summed E-state index contributed by atoms with van der Waals surface area (Å²) >= 11 is 1.70. The van der Waals surface area contributed by atoms with Gasteiger partial charge in [0.15, 0.2) is 0 Å². The number of hydrogen-bond donors (Lipinski definition) is 3. The molecule has 0 aromatic carbocycles. The zero-order chi connectivity index (χ0) is 11.4. The lowest BCUT2D eigenvalue weighted by atomic mass is 10.1. The largest absolute Gasteiger partial charge is 0.354 e. The highest BCUT2D eigenvalue weighted by atomic mass is 32.2. The summed E-state index contributed by atoms with van der Waals surface area (Å²) in [6.45, 7) is 0.725. The molecule has 2 fully saturated rings. The Morgan fingerprint density at radius 1 is 1.44 bits per heavy atom. The molecule has 90 valence electrons. The number of nitrogens with one attached hydrogen (secondary N) is 3. The van der Waals surface area contributed by atoms with E-state index in [1.165, 1.54) is 0 Å². The van der Waals surface area contributed by atoms with Crippen molar-refractivity contribution in [2.45, 2.75) is 31.3 Å². The Labute approximate surface area is 99.1 Å². The Hall–Kier alpha value is -0.750. The Balaban J connectivity index is 1.86. The summed E-state index contributed by atoms with van der Waals surface area (Å²) in [5, 5.41) is 8.73. The van der Waals surface area contributed by atoms with Gasteiger partial charge in [0, 0.05) is 18.2 Å². The molecule has 0 radical (unpaired) electrons. The molecule has 2 saturated heterocycles. The zero-order valence-corrected chi connectivity index (χ0v) is 9.94. The monoisotopic (exact) mass is 243 g/mol. The molecular formula is C10H17N3O2S. The summed E-state index contributed by atoms with van der Waals surface area (Å²) in [5.74, 6) is 1.51. The van der Waals surface area contributed by atoms with E-state index in [2.05, 4.69) is 16.0 Å². The number of carbonyl (C=O) groups excluding carboxylic acids is 2. The van der Waals surface area contributed by atoms with Crippen LogP contribution in [0.2, 0.25) is 0 Å². The van der Waals surface area contributed by atoms with Crippen LogP contribution in [-0.4, -0.2) is 42.1 Å². The van der Waals surface area contributed by atoms with Crippen molar-refractivity contribution in [3.8, 4) is 0 Å². The topological polar surface area (TPSA) is 70.2 Å². The summed E-state index contributed by atoms with van der Waals surface area (Å²) in [6.07, 6.45) is 2.73. The van der Waals surface area contributed by atoms with E-state index in [9.17, 15) is 9.59 Å². The maximum atomic E-state index is 11.8. The van der Waals surface area contributed by atoms with Gasteiger partial charge in [-0.1, -0.05) is 0 Å².